The van der Waals surface area contributed by atoms with Gasteiger partial charge >= 0.3 is 0 Å². The molecule has 1 aromatic carbocycles. The number of carbonyl (C=O) groups excluding carboxylic acids is 1. The molecule has 0 bridgehead atoms. The van der Waals surface area contributed by atoms with E-state index in [0.717, 1.165) is 6.26 Å². The fourth-order valence-corrected chi connectivity index (χ4v) is 3.66. The van der Waals surface area contributed by atoms with Gasteiger partial charge in [-0.1, -0.05) is 12.1 Å². The van der Waals surface area contributed by atoms with Crippen LogP contribution in [0.2, 0.25) is 0 Å². The van der Waals surface area contributed by atoms with Crippen LogP contribution < -0.4 is 0 Å². The lowest BCUT2D eigenvalue weighted by Gasteiger charge is -2.32. The zero-order chi connectivity index (χ0) is 16.3. The molecule has 1 saturated heterocycles. The third-order valence-corrected chi connectivity index (χ3v) is 5.16. The van der Waals surface area contributed by atoms with Crippen LogP contribution in [0.25, 0.3) is 0 Å². The molecule has 0 aromatic heterocycles. The standard InChI is InChI=1S/C15H21FN2O3S/c1-17(10-12-5-3-7-14(16)9-12)15(19)13-6-4-8-18(11-13)22(2,20)21/h3,5,7,9,13H,4,6,8,10-11H2,1-2H3. The van der Waals surface area contributed by atoms with Crippen molar-refractivity contribution in [1.29, 1.82) is 0 Å². The molecule has 0 N–H and O–H groups in total. The Bertz CT molecular complexity index is 648. The fourth-order valence-electron chi connectivity index (χ4n) is 2.74. The fraction of sp³-hybridized carbons (Fsp3) is 0.533. The predicted molar refractivity (Wildman–Crippen MR) is 82.0 cm³/mol. The molecular formula is C15H21FN2O3S. The maximum Gasteiger partial charge on any atom is 0.227 e. The van der Waals surface area contributed by atoms with Crippen molar-refractivity contribution in [3.8, 4) is 0 Å². The van der Waals surface area contributed by atoms with Crippen molar-refractivity contribution in [1.82, 2.24) is 9.21 Å². The van der Waals surface area contributed by atoms with Crippen molar-refractivity contribution in [2.75, 3.05) is 26.4 Å². The van der Waals surface area contributed by atoms with Gasteiger partial charge in [0.1, 0.15) is 5.82 Å². The average molecular weight is 328 g/mol. The molecule has 1 fully saturated rings. The summed E-state index contributed by atoms with van der Waals surface area (Å²) in [7, 11) is -1.61. The minimum absolute atomic E-state index is 0.0994. The van der Waals surface area contributed by atoms with Gasteiger partial charge in [-0.05, 0) is 30.5 Å². The maximum atomic E-state index is 13.2. The van der Waals surface area contributed by atoms with Gasteiger partial charge in [0.25, 0.3) is 0 Å². The molecule has 7 heteroatoms. The van der Waals surface area contributed by atoms with Crippen molar-refractivity contribution in [3.05, 3.63) is 35.6 Å². The van der Waals surface area contributed by atoms with E-state index in [1.165, 1.54) is 21.3 Å². The summed E-state index contributed by atoms with van der Waals surface area (Å²) in [5.74, 6) is -0.765. The molecule has 1 atom stereocenters. The third kappa shape index (κ3) is 4.27. The number of sulfonamides is 1. The molecule has 2 rings (SSSR count). The topological polar surface area (TPSA) is 57.7 Å². The second-order valence-corrected chi connectivity index (χ2v) is 7.77. The van der Waals surface area contributed by atoms with Gasteiger partial charge in [-0.25, -0.2) is 17.1 Å². The lowest BCUT2D eigenvalue weighted by molar-refractivity contribution is -0.135. The summed E-state index contributed by atoms with van der Waals surface area (Å²) in [6.07, 6.45) is 2.52. The first-order chi connectivity index (χ1) is 10.3. The van der Waals surface area contributed by atoms with E-state index in [9.17, 15) is 17.6 Å². The van der Waals surface area contributed by atoms with Gasteiger partial charge in [0, 0.05) is 26.7 Å². The monoisotopic (exact) mass is 328 g/mol. The summed E-state index contributed by atoms with van der Waals surface area (Å²) >= 11 is 0. The number of halogens is 1. The average Bonchev–Trinajstić information content (AvgIpc) is 2.45. The van der Waals surface area contributed by atoms with Gasteiger partial charge in [0.2, 0.25) is 15.9 Å². The number of benzene rings is 1. The summed E-state index contributed by atoms with van der Waals surface area (Å²) in [4.78, 5) is 14.0. The lowest BCUT2D eigenvalue weighted by atomic mass is 9.98. The zero-order valence-corrected chi connectivity index (χ0v) is 13.6. The van der Waals surface area contributed by atoms with Crippen molar-refractivity contribution in [3.63, 3.8) is 0 Å². The minimum atomic E-state index is -3.27. The molecule has 1 unspecified atom stereocenters. The Morgan fingerprint density at radius 3 is 2.82 bits per heavy atom. The Labute approximate surface area is 130 Å². The highest BCUT2D eigenvalue weighted by Gasteiger charge is 2.31. The van der Waals surface area contributed by atoms with Crippen LogP contribution in [0.3, 0.4) is 0 Å². The van der Waals surface area contributed by atoms with Gasteiger partial charge in [-0.3, -0.25) is 4.79 Å². The Morgan fingerprint density at radius 1 is 1.45 bits per heavy atom. The van der Waals surface area contributed by atoms with E-state index in [0.29, 0.717) is 31.5 Å². The molecular weight excluding hydrogens is 307 g/mol. The molecule has 0 aliphatic carbocycles. The van der Waals surface area contributed by atoms with Crippen LogP contribution >= 0.6 is 0 Å². The summed E-state index contributed by atoms with van der Waals surface area (Å²) in [6, 6.07) is 6.12. The number of nitrogens with zero attached hydrogens (tertiary/aromatic N) is 2. The van der Waals surface area contributed by atoms with Crippen molar-refractivity contribution >= 4 is 15.9 Å². The van der Waals surface area contributed by atoms with E-state index in [4.69, 9.17) is 0 Å². The highest BCUT2D eigenvalue weighted by atomic mass is 32.2. The van der Waals surface area contributed by atoms with Gasteiger partial charge < -0.3 is 4.90 Å². The normalized spacial score (nSPS) is 19.9. The van der Waals surface area contributed by atoms with Crippen LogP contribution in [0.5, 0.6) is 0 Å². The number of carbonyl (C=O) groups is 1. The summed E-state index contributed by atoms with van der Waals surface area (Å²) in [5, 5.41) is 0. The summed E-state index contributed by atoms with van der Waals surface area (Å²) < 4.78 is 37.8. The van der Waals surface area contributed by atoms with Crippen LogP contribution in [-0.4, -0.2) is 49.9 Å². The van der Waals surface area contributed by atoms with Crippen LogP contribution in [0.1, 0.15) is 18.4 Å². The quantitative estimate of drug-likeness (QED) is 0.841. The Hall–Kier alpha value is -1.47. The SMILES string of the molecule is CN(Cc1cccc(F)c1)C(=O)C1CCCN(S(C)(=O)=O)C1. The van der Waals surface area contributed by atoms with E-state index in [1.807, 2.05) is 0 Å². The number of rotatable bonds is 4. The molecule has 122 valence electrons. The zero-order valence-electron chi connectivity index (χ0n) is 12.8. The van der Waals surface area contributed by atoms with E-state index >= 15 is 0 Å². The Morgan fingerprint density at radius 2 is 2.18 bits per heavy atom. The molecule has 1 aliphatic heterocycles. The highest BCUT2D eigenvalue weighted by Crippen LogP contribution is 2.21. The first-order valence-electron chi connectivity index (χ1n) is 7.22. The van der Waals surface area contributed by atoms with Crippen LogP contribution in [0, 0.1) is 11.7 Å². The van der Waals surface area contributed by atoms with Crippen LogP contribution in [0.4, 0.5) is 4.39 Å². The van der Waals surface area contributed by atoms with Crippen LogP contribution in [-0.2, 0) is 21.4 Å². The second-order valence-electron chi connectivity index (χ2n) is 5.78. The van der Waals surface area contributed by atoms with Crippen LogP contribution in [0.15, 0.2) is 24.3 Å². The van der Waals surface area contributed by atoms with E-state index < -0.39 is 10.0 Å². The maximum absolute atomic E-state index is 13.2. The number of hydrogen-bond acceptors (Lipinski definition) is 3. The molecule has 0 spiro atoms. The largest absolute Gasteiger partial charge is 0.341 e. The van der Waals surface area contributed by atoms with Gasteiger partial charge in [-0.2, -0.15) is 0 Å². The van der Waals surface area contributed by atoms with E-state index in [1.54, 1.807) is 19.2 Å². The van der Waals surface area contributed by atoms with E-state index in [-0.39, 0.29) is 24.2 Å². The molecule has 0 radical (unpaired) electrons. The van der Waals surface area contributed by atoms with Crippen molar-refractivity contribution < 1.29 is 17.6 Å². The van der Waals surface area contributed by atoms with E-state index in [2.05, 4.69) is 0 Å². The van der Waals surface area contributed by atoms with Gasteiger partial charge in [0.05, 0.1) is 12.2 Å². The molecule has 0 saturated carbocycles. The molecule has 22 heavy (non-hydrogen) atoms. The number of hydrogen-bond donors (Lipinski definition) is 0. The first-order valence-corrected chi connectivity index (χ1v) is 9.07. The van der Waals surface area contributed by atoms with Crippen molar-refractivity contribution in [2.45, 2.75) is 19.4 Å². The second kappa shape index (κ2) is 6.75. The molecule has 1 aromatic rings. The van der Waals surface area contributed by atoms with Gasteiger partial charge in [-0.15, -0.1) is 0 Å². The summed E-state index contributed by atoms with van der Waals surface area (Å²) in [5.41, 5.74) is 0.714. The highest BCUT2D eigenvalue weighted by molar-refractivity contribution is 7.88. The Kier molecular flexibility index (Phi) is 5.18. The smallest absolute Gasteiger partial charge is 0.227 e. The van der Waals surface area contributed by atoms with Crippen molar-refractivity contribution in [2.24, 2.45) is 5.92 Å². The van der Waals surface area contributed by atoms with Gasteiger partial charge in [0.15, 0.2) is 0 Å². The minimum Gasteiger partial charge on any atom is -0.341 e. The Balaban J connectivity index is 2.01. The number of amides is 1. The third-order valence-electron chi connectivity index (χ3n) is 3.89. The first kappa shape index (κ1) is 16.9. The molecule has 5 nitrogen and oxygen atoms in total. The summed E-state index contributed by atoms with van der Waals surface area (Å²) in [6.45, 7) is 1.01. The number of piperidine rings is 1. The predicted octanol–water partition coefficient (Wildman–Crippen LogP) is 1.46. The molecule has 1 aliphatic rings. The molecule has 1 amide bonds. The lowest BCUT2D eigenvalue weighted by Crippen LogP contribution is -2.45. The molecule has 1 heterocycles.